The van der Waals surface area contributed by atoms with Gasteiger partial charge in [-0.2, -0.15) is 8.42 Å². The summed E-state index contributed by atoms with van der Waals surface area (Å²) >= 11 is 0. The van der Waals surface area contributed by atoms with Gasteiger partial charge in [0, 0.05) is 23.8 Å². The van der Waals surface area contributed by atoms with Crippen molar-refractivity contribution in [3.63, 3.8) is 0 Å². The van der Waals surface area contributed by atoms with Gasteiger partial charge in [0.1, 0.15) is 16.2 Å². The molecule has 6 N–H and O–H groups in total. The third-order valence-corrected chi connectivity index (χ3v) is 13.2. The fourth-order valence-electron chi connectivity index (χ4n) is 7.93. The molecule has 0 spiro atoms. The summed E-state index contributed by atoms with van der Waals surface area (Å²) in [6.45, 7) is 7.63. The molecule has 6 aromatic carbocycles. The normalized spacial score (nSPS) is 10.8. The van der Waals surface area contributed by atoms with E-state index in [4.69, 9.17) is 23.7 Å². The van der Waals surface area contributed by atoms with E-state index in [2.05, 4.69) is 39.2 Å². The molecule has 6 aromatic rings. The summed E-state index contributed by atoms with van der Waals surface area (Å²) in [6, 6.07) is 32.9. The van der Waals surface area contributed by atoms with Crippen molar-refractivity contribution in [1.29, 1.82) is 0 Å². The maximum Gasteiger partial charge on any atom is 0.343 e. The van der Waals surface area contributed by atoms with E-state index in [1.807, 2.05) is 24.3 Å². The lowest BCUT2D eigenvalue weighted by Crippen LogP contribution is -2.13. The molecule has 0 saturated heterocycles. The highest BCUT2D eigenvalue weighted by Gasteiger charge is 2.23. The Bertz CT molecular complexity index is 3240. The number of carboxylic acids is 1. The van der Waals surface area contributed by atoms with E-state index in [0.29, 0.717) is 35.8 Å². The highest BCUT2D eigenvalue weighted by atomic mass is 32.2. The average Bonchev–Trinajstić information content (AvgIpc) is 3.47. The molecule has 0 heterocycles. The molecular weight excluding hydrogens is 1050 g/mol. The molecule has 80 heavy (non-hydrogen) atoms. The summed E-state index contributed by atoms with van der Waals surface area (Å²) in [4.78, 5) is 71.7. The van der Waals surface area contributed by atoms with Crippen molar-refractivity contribution in [2.75, 3.05) is 34.9 Å². The molecule has 418 valence electrons. The van der Waals surface area contributed by atoms with Crippen molar-refractivity contribution in [1.82, 2.24) is 0 Å². The highest BCUT2D eigenvalue weighted by molar-refractivity contribution is 7.86. The zero-order valence-electron chi connectivity index (χ0n) is 43.5. The van der Waals surface area contributed by atoms with Crippen LogP contribution in [0.3, 0.4) is 0 Å². The molecule has 0 saturated carbocycles. The van der Waals surface area contributed by atoms with Crippen LogP contribution >= 0.6 is 0 Å². The van der Waals surface area contributed by atoms with Gasteiger partial charge in [-0.3, -0.25) is 4.79 Å². The van der Waals surface area contributed by atoms with Gasteiger partial charge in [0.2, 0.25) is 0 Å². The van der Waals surface area contributed by atoms with Crippen LogP contribution in [0.2, 0.25) is 0 Å². The number of hydrazine groups is 2. The smallest absolute Gasteiger partial charge is 0.343 e. The highest BCUT2D eigenvalue weighted by Crippen LogP contribution is 2.34. The Morgan fingerprint density at radius 1 is 0.512 bits per heavy atom. The van der Waals surface area contributed by atoms with Gasteiger partial charge in [-0.25, -0.2) is 29.2 Å². The molecule has 0 aliphatic carbocycles. The quantitative estimate of drug-likeness (QED) is 0.00425. The summed E-state index contributed by atoms with van der Waals surface area (Å²) in [7, 11) is -4.71. The van der Waals surface area contributed by atoms with Crippen LogP contribution in [0.5, 0.6) is 17.2 Å². The largest absolute Gasteiger partial charge is 0.478 e. The molecule has 0 aliphatic heterocycles. The van der Waals surface area contributed by atoms with E-state index in [-0.39, 0.29) is 51.7 Å². The summed E-state index contributed by atoms with van der Waals surface area (Å²) in [5.74, 6) is -3.93. The lowest BCUT2D eigenvalue weighted by Gasteiger charge is -2.16. The molecular formula is C59H60N4O16S. The van der Waals surface area contributed by atoms with Crippen LogP contribution in [0.1, 0.15) is 100.0 Å². The van der Waals surface area contributed by atoms with Gasteiger partial charge in [0.25, 0.3) is 6.47 Å². The van der Waals surface area contributed by atoms with Gasteiger partial charge >= 0.3 is 40.0 Å². The van der Waals surface area contributed by atoms with Crippen LogP contribution in [0.4, 0.5) is 22.7 Å². The zero-order chi connectivity index (χ0) is 57.3. The molecule has 0 aromatic heterocycles. The lowest BCUT2D eigenvalue weighted by atomic mass is 10.0. The van der Waals surface area contributed by atoms with E-state index >= 15 is 0 Å². The Kier molecular flexibility index (Phi) is 22.9. The molecule has 6 rings (SSSR count). The molecule has 0 aliphatic rings. The predicted molar refractivity (Wildman–Crippen MR) is 298 cm³/mol. The minimum Gasteiger partial charge on any atom is -0.478 e. The third-order valence-electron chi connectivity index (χ3n) is 12.2. The predicted octanol–water partition coefficient (Wildman–Crippen LogP) is 11.1. The van der Waals surface area contributed by atoms with E-state index in [0.717, 1.165) is 93.9 Å². The number of benzene rings is 6. The molecule has 0 bridgehead atoms. The van der Waals surface area contributed by atoms with E-state index < -0.39 is 44.9 Å². The Balaban J connectivity index is 1.00. The van der Waals surface area contributed by atoms with Gasteiger partial charge in [-0.15, -0.1) is 4.33 Å². The van der Waals surface area contributed by atoms with Crippen LogP contribution < -0.4 is 35.9 Å². The maximum absolute atomic E-state index is 13.1. The number of nitrogens with one attached hydrogen (secondary N) is 4. The Morgan fingerprint density at radius 3 is 1.48 bits per heavy atom. The van der Waals surface area contributed by atoms with Gasteiger partial charge in [-0.05, 0) is 134 Å². The molecule has 0 unspecified atom stereocenters. The number of carbonyl (C=O) groups excluding carboxylic acids is 5. The van der Waals surface area contributed by atoms with Gasteiger partial charge in [-0.1, -0.05) is 87.7 Å². The number of hydrogen-bond acceptors (Lipinski definition) is 19. The second-order valence-corrected chi connectivity index (χ2v) is 19.3. The number of unbranched alkanes of at least 4 members (excludes halogenated alkanes) is 7. The Hall–Kier alpha value is -9.31. The number of carbonyl (C=O) groups is 6. The van der Waals surface area contributed by atoms with E-state index in [1.54, 1.807) is 54.6 Å². The van der Waals surface area contributed by atoms with Crippen molar-refractivity contribution in [2.45, 2.75) is 75.5 Å². The average molecular weight is 1110 g/mol. The molecule has 0 atom stereocenters. The first-order valence-corrected chi connectivity index (χ1v) is 26.8. The monoisotopic (exact) mass is 1110 g/mol. The van der Waals surface area contributed by atoms with Gasteiger partial charge < -0.3 is 50.5 Å². The summed E-state index contributed by atoms with van der Waals surface area (Å²) < 4.78 is 56.1. The molecule has 20 nitrogen and oxygen atoms in total. The summed E-state index contributed by atoms with van der Waals surface area (Å²) in [6.07, 6.45) is 12.0. The number of esters is 4. The number of rotatable bonds is 33. The van der Waals surface area contributed by atoms with E-state index in [1.165, 1.54) is 48.5 Å². The standard InChI is InChI=1S/C59H60N4O16S/c1-3-55(65)74-34-12-8-5-6-10-14-40-16-20-43(21-17-40)58(69)77-51-32-29-46(36-50(51)57(67)68)61-60-45-26-24-42(25-27-45)49-31-28-48(38-54(49)80(72,73)79-71)63-62-47-30-33-52(53(37-47)76-39-64)78-59(70)44-22-18-41(19-23-44)15-11-7-9-13-35-75-56(66)4-2/h3-4,16-33,36-39,60-63,71H,1-2,5-15,34-35H2,(H,67,68). The van der Waals surface area contributed by atoms with E-state index in [9.17, 15) is 47.5 Å². The molecule has 0 amide bonds. The lowest BCUT2D eigenvalue weighted by molar-refractivity contribution is -0.138. The Morgan fingerprint density at radius 2 is 0.963 bits per heavy atom. The minimum atomic E-state index is -4.71. The van der Waals surface area contributed by atoms with Crippen LogP contribution in [0, 0.1) is 0 Å². The number of aryl methyl sites for hydroxylation is 2. The van der Waals surface area contributed by atoms with Crippen molar-refractivity contribution < 1.29 is 75.6 Å². The molecule has 0 radical (unpaired) electrons. The van der Waals surface area contributed by atoms with Gasteiger partial charge in [0.15, 0.2) is 11.5 Å². The van der Waals surface area contributed by atoms with Crippen molar-refractivity contribution in [3.05, 3.63) is 181 Å². The topological polar surface area (TPSA) is 281 Å². The van der Waals surface area contributed by atoms with Gasteiger partial charge in [0.05, 0.1) is 47.1 Å². The first-order valence-electron chi connectivity index (χ1n) is 25.4. The zero-order valence-corrected chi connectivity index (χ0v) is 44.3. The number of hydrogen-bond donors (Lipinski definition) is 6. The number of anilines is 4. The van der Waals surface area contributed by atoms with Crippen LogP contribution in [-0.4, -0.2) is 68.3 Å². The van der Waals surface area contributed by atoms with Crippen LogP contribution in [0.25, 0.3) is 11.1 Å². The summed E-state index contributed by atoms with van der Waals surface area (Å²) in [5.41, 5.74) is 15.7. The number of aromatic carboxylic acids is 1. The van der Waals surface area contributed by atoms with Crippen molar-refractivity contribution >= 4 is 69.2 Å². The molecule has 21 heteroatoms. The maximum atomic E-state index is 13.1. The third kappa shape index (κ3) is 18.4. The first kappa shape index (κ1) is 59.9. The Labute approximate surface area is 462 Å². The fourth-order valence-corrected chi connectivity index (χ4v) is 8.73. The molecule has 0 fully saturated rings. The fraction of sp³-hybridized carbons (Fsp3) is 0.220. The number of ether oxygens (including phenoxy) is 5. The minimum absolute atomic E-state index is 0.0511. The SMILES string of the molecule is C=CC(=O)OCCCCCCCc1ccc(C(=O)Oc2ccc(NNc3ccc(-c4ccc(NNc5ccc(OC(=O)c6ccc(CCCCCCOC(=O)C=C)cc6)c(OC=O)c5)cc4S(=O)(=O)OO)cc3)cc2C(=O)O)cc1. The van der Waals surface area contributed by atoms with Crippen molar-refractivity contribution in [2.24, 2.45) is 0 Å². The van der Waals surface area contributed by atoms with Crippen LogP contribution in [0.15, 0.2) is 158 Å². The second-order valence-electron chi connectivity index (χ2n) is 17.8. The van der Waals surface area contributed by atoms with Crippen molar-refractivity contribution in [3.8, 4) is 28.4 Å². The summed E-state index contributed by atoms with van der Waals surface area (Å²) in [5, 5.41) is 19.4. The first-order chi connectivity index (χ1) is 38.7. The number of carboxylic acid groups (broad SMARTS) is 1. The second kappa shape index (κ2) is 30.6. The van der Waals surface area contributed by atoms with Crippen LogP contribution in [-0.2, 0) is 51.2 Å².